The van der Waals surface area contributed by atoms with E-state index in [-0.39, 0.29) is 34.8 Å². The van der Waals surface area contributed by atoms with Crippen LogP contribution >= 0.6 is 23.2 Å². The first-order chi connectivity index (χ1) is 20.2. The smallest absolute Gasteiger partial charge is 0.403 e. The van der Waals surface area contributed by atoms with Crippen LogP contribution in [0.3, 0.4) is 0 Å². The Morgan fingerprint density at radius 1 is 1.21 bits per heavy atom. The molecule has 0 saturated carbocycles. The van der Waals surface area contributed by atoms with Crippen LogP contribution in [0.5, 0.6) is 5.75 Å². The van der Waals surface area contributed by atoms with Crippen molar-refractivity contribution in [1.82, 2.24) is 20.5 Å². The van der Waals surface area contributed by atoms with E-state index in [9.17, 15) is 36.4 Å². The summed E-state index contributed by atoms with van der Waals surface area (Å²) in [6.45, 7) is 2.46. The van der Waals surface area contributed by atoms with Gasteiger partial charge in [0.1, 0.15) is 5.69 Å². The largest absolute Gasteiger partial charge is 0.573 e. The zero-order valence-corrected chi connectivity index (χ0v) is 23.7. The molecule has 43 heavy (non-hydrogen) atoms. The second kappa shape index (κ2) is 12.9. The maximum Gasteiger partial charge on any atom is 0.573 e. The molecule has 0 spiro atoms. The third-order valence-electron chi connectivity index (χ3n) is 6.61. The van der Waals surface area contributed by atoms with Gasteiger partial charge in [0.15, 0.2) is 11.9 Å². The monoisotopic (exact) mass is 649 g/mol. The SMILES string of the molecule is CCN(C(=O)[C@H]1CCCN1)[C@@H]1CN(C(=Nc2cc(C(F)(F)F)ccc2OC(F)(F)F)NC#N)N=C1c1ccc(Cl)c(Cl)c1. The van der Waals surface area contributed by atoms with E-state index in [4.69, 9.17) is 23.2 Å². The number of likely N-dealkylation sites (N-methyl/N-ethyl adjacent to an activating group) is 1. The lowest BCUT2D eigenvalue weighted by Crippen LogP contribution is -2.53. The minimum Gasteiger partial charge on any atom is -0.403 e. The Hall–Kier alpha value is -3.74. The molecule has 230 valence electrons. The van der Waals surface area contributed by atoms with Crippen molar-refractivity contribution < 1.29 is 35.9 Å². The number of carbonyl (C=O) groups is 1. The van der Waals surface area contributed by atoms with Gasteiger partial charge in [0, 0.05) is 12.1 Å². The molecule has 2 atom stereocenters. The number of hydrazone groups is 1. The Balaban J connectivity index is 1.82. The number of hydrogen-bond donors (Lipinski definition) is 2. The van der Waals surface area contributed by atoms with Crippen LogP contribution in [0.1, 0.15) is 30.9 Å². The van der Waals surface area contributed by atoms with Gasteiger partial charge in [-0.15, -0.1) is 13.2 Å². The van der Waals surface area contributed by atoms with E-state index in [2.05, 4.69) is 25.5 Å². The Morgan fingerprint density at radius 2 is 1.95 bits per heavy atom. The number of nitrogens with one attached hydrogen (secondary N) is 2. The third kappa shape index (κ3) is 7.62. The van der Waals surface area contributed by atoms with E-state index < -0.39 is 47.6 Å². The van der Waals surface area contributed by atoms with E-state index in [1.54, 1.807) is 19.2 Å². The molecular weight excluding hydrogens is 627 g/mol. The summed E-state index contributed by atoms with van der Waals surface area (Å²) in [7, 11) is 0. The Labute approximate surface area is 251 Å². The molecule has 0 radical (unpaired) electrons. The molecule has 0 unspecified atom stereocenters. The van der Waals surface area contributed by atoms with Gasteiger partial charge in [0.2, 0.25) is 11.9 Å². The predicted molar refractivity (Wildman–Crippen MR) is 146 cm³/mol. The number of hydrogen-bond acceptors (Lipinski definition) is 6. The first-order valence-corrected chi connectivity index (χ1v) is 13.5. The Bertz CT molecular complexity index is 1470. The molecule has 2 aromatic rings. The van der Waals surface area contributed by atoms with Crippen molar-refractivity contribution in [1.29, 1.82) is 5.26 Å². The third-order valence-corrected chi connectivity index (χ3v) is 7.35. The summed E-state index contributed by atoms with van der Waals surface area (Å²) in [6.07, 6.45) is -7.20. The van der Waals surface area contributed by atoms with Crippen molar-refractivity contribution >= 4 is 46.5 Å². The van der Waals surface area contributed by atoms with E-state index in [0.29, 0.717) is 36.7 Å². The summed E-state index contributed by atoms with van der Waals surface area (Å²) in [5, 5.41) is 20.7. The Morgan fingerprint density at radius 3 is 2.53 bits per heavy atom. The van der Waals surface area contributed by atoms with Crippen LogP contribution in [-0.2, 0) is 11.0 Å². The second-order valence-corrected chi connectivity index (χ2v) is 10.2. The molecule has 2 heterocycles. The van der Waals surface area contributed by atoms with Crippen LogP contribution in [0.15, 0.2) is 46.5 Å². The van der Waals surface area contributed by atoms with Gasteiger partial charge in [0.25, 0.3) is 0 Å². The van der Waals surface area contributed by atoms with Gasteiger partial charge in [-0.3, -0.25) is 10.1 Å². The molecule has 1 amide bonds. The molecule has 1 saturated heterocycles. The minimum atomic E-state index is -5.25. The molecule has 0 aliphatic carbocycles. The quantitative estimate of drug-likeness (QED) is 0.138. The number of amides is 1. The van der Waals surface area contributed by atoms with Crippen LogP contribution in [0.25, 0.3) is 0 Å². The number of guanidine groups is 1. The Kier molecular flexibility index (Phi) is 9.63. The average Bonchev–Trinajstić information content (AvgIpc) is 3.61. The molecule has 2 aromatic carbocycles. The van der Waals surface area contributed by atoms with Gasteiger partial charge in [-0.05, 0) is 56.6 Å². The van der Waals surface area contributed by atoms with Crippen LogP contribution in [0.2, 0.25) is 10.0 Å². The maximum absolute atomic E-state index is 13.5. The van der Waals surface area contributed by atoms with Crippen LogP contribution in [0.4, 0.5) is 32.0 Å². The number of benzene rings is 2. The average molecular weight is 650 g/mol. The molecular formula is C26H23Cl2F6N7O2. The van der Waals surface area contributed by atoms with Crippen molar-refractivity contribution in [3.63, 3.8) is 0 Å². The van der Waals surface area contributed by atoms with Crippen LogP contribution < -0.4 is 15.4 Å². The molecule has 17 heteroatoms. The van der Waals surface area contributed by atoms with Gasteiger partial charge in [-0.25, -0.2) is 10.0 Å². The second-order valence-electron chi connectivity index (χ2n) is 9.39. The zero-order chi connectivity index (χ0) is 31.5. The summed E-state index contributed by atoms with van der Waals surface area (Å²) in [6, 6.07) is 4.59. The first kappa shape index (κ1) is 32.2. The van der Waals surface area contributed by atoms with Gasteiger partial charge in [0.05, 0.1) is 39.9 Å². The first-order valence-electron chi connectivity index (χ1n) is 12.8. The summed E-state index contributed by atoms with van der Waals surface area (Å²) < 4.78 is 83.4. The molecule has 1 fully saturated rings. The standard InChI is InChI=1S/C26H23Cl2F6N7O2/c1-2-40(23(42)18-4-3-9-36-18)20-12-41(39-22(20)14-5-7-16(27)17(28)10-14)24(37-13-35)38-19-11-15(25(29,30)31)6-8-21(19)43-26(32,33)34/h5-8,10-11,18,20,36H,2-4,9,12H2,1H3,(H,37,38)/t18-,20-/m1/s1. The van der Waals surface area contributed by atoms with Crippen molar-refractivity contribution in [2.24, 2.45) is 10.1 Å². The minimum absolute atomic E-state index is 0.163. The highest BCUT2D eigenvalue weighted by atomic mass is 35.5. The number of halogens is 8. The normalized spacial score (nSPS) is 19.2. The van der Waals surface area contributed by atoms with E-state index in [0.717, 1.165) is 11.4 Å². The van der Waals surface area contributed by atoms with E-state index in [1.165, 1.54) is 17.0 Å². The highest BCUT2D eigenvalue weighted by Crippen LogP contribution is 2.39. The summed E-state index contributed by atoms with van der Waals surface area (Å²) in [5.41, 5.74) is -1.47. The van der Waals surface area contributed by atoms with Gasteiger partial charge in [-0.2, -0.15) is 23.5 Å². The van der Waals surface area contributed by atoms with Crippen LogP contribution in [-0.4, -0.2) is 65.6 Å². The number of nitriles is 1. The van der Waals surface area contributed by atoms with E-state index >= 15 is 0 Å². The predicted octanol–water partition coefficient (Wildman–Crippen LogP) is 5.66. The fourth-order valence-electron chi connectivity index (χ4n) is 4.71. The molecule has 0 aromatic heterocycles. The lowest BCUT2D eigenvalue weighted by atomic mass is 10.0. The zero-order valence-electron chi connectivity index (χ0n) is 22.2. The summed E-state index contributed by atoms with van der Waals surface area (Å²) in [5.74, 6) is -1.79. The maximum atomic E-state index is 13.5. The molecule has 2 aliphatic heterocycles. The number of alkyl halides is 6. The van der Waals surface area contributed by atoms with Crippen molar-refractivity contribution in [3.05, 3.63) is 57.6 Å². The fourth-order valence-corrected chi connectivity index (χ4v) is 5.00. The molecule has 2 N–H and O–H groups in total. The molecule has 2 aliphatic rings. The molecule has 9 nitrogen and oxygen atoms in total. The van der Waals surface area contributed by atoms with Crippen LogP contribution in [0, 0.1) is 11.5 Å². The topological polar surface area (TPSA) is 105 Å². The van der Waals surface area contributed by atoms with Gasteiger partial charge < -0.3 is 15.0 Å². The van der Waals surface area contributed by atoms with Gasteiger partial charge >= 0.3 is 12.5 Å². The molecule has 4 rings (SSSR count). The van der Waals surface area contributed by atoms with Crippen molar-refractivity contribution in [3.8, 4) is 11.9 Å². The number of carbonyl (C=O) groups excluding carboxylic acids is 1. The number of aliphatic imine (C=N–C) groups is 1. The number of rotatable bonds is 6. The highest BCUT2D eigenvalue weighted by Gasteiger charge is 2.40. The lowest BCUT2D eigenvalue weighted by molar-refractivity contribution is -0.274. The highest BCUT2D eigenvalue weighted by molar-refractivity contribution is 6.42. The van der Waals surface area contributed by atoms with Crippen molar-refractivity contribution in [2.75, 3.05) is 19.6 Å². The van der Waals surface area contributed by atoms with Crippen molar-refractivity contribution in [2.45, 2.75) is 44.4 Å². The molecule has 0 bridgehead atoms. The fraction of sp³-hybridized carbons (Fsp3) is 0.385. The summed E-state index contributed by atoms with van der Waals surface area (Å²) >= 11 is 12.3. The van der Waals surface area contributed by atoms with E-state index in [1.807, 2.05) is 0 Å². The number of ether oxygens (including phenoxy) is 1. The van der Waals surface area contributed by atoms with Gasteiger partial charge in [-0.1, -0.05) is 29.3 Å². The summed E-state index contributed by atoms with van der Waals surface area (Å²) in [4.78, 5) is 18.9. The number of nitrogens with zero attached hydrogens (tertiary/aromatic N) is 5. The lowest BCUT2D eigenvalue weighted by Gasteiger charge is -2.31.